The number of halogens is 1. The molecule has 5 nitrogen and oxygen atoms in total. The minimum absolute atomic E-state index is 0.341. The molecule has 1 heterocycles. The lowest BCUT2D eigenvalue weighted by molar-refractivity contribution is 0.102. The van der Waals surface area contributed by atoms with Crippen LogP contribution in [0, 0.1) is 0 Å². The second-order valence-corrected chi connectivity index (χ2v) is 4.21. The zero-order valence-corrected chi connectivity index (χ0v) is 10.9. The third kappa shape index (κ3) is 3.14. The number of nitrogens with zero attached hydrogens (tertiary/aromatic N) is 1. The van der Waals surface area contributed by atoms with Crippen LogP contribution in [0.2, 0.25) is 5.02 Å². The Bertz CT molecular complexity index is 599. The van der Waals surface area contributed by atoms with Crippen LogP contribution in [0.4, 0.5) is 11.5 Å². The maximum Gasteiger partial charge on any atom is 0.260 e. The summed E-state index contributed by atoms with van der Waals surface area (Å²) >= 11 is 5.87. The highest BCUT2D eigenvalue weighted by Crippen LogP contribution is 2.23. The van der Waals surface area contributed by atoms with Crippen LogP contribution < -0.4 is 15.8 Å². The lowest BCUT2D eigenvalue weighted by Crippen LogP contribution is -2.14. The first-order chi connectivity index (χ1) is 9.10. The van der Waals surface area contributed by atoms with Crippen molar-refractivity contribution in [2.24, 2.45) is 0 Å². The predicted octanol–water partition coefficient (Wildman–Crippen LogP) is 2.58. The molecule has 0 unspecified atom stereocenters. The lowest BCUT2D eigenvalue weighted by Gasteiger charge is -2.09. The number of benzene rings is 1. The quantitative estimate of drug-likeness (QED) is 0.904. The highest BCUT2D eigenvalue weighted by atomic mass is 35.5. The van der Waals surface area contributed by atoms with Crippen LogP contribution in [-0.2, 0) is 0 Å². The van der Waals surface area contributed by atoms with Crippen LogP contribution in [0.25, 0.3) is 0 Å². The van der Waals surface area contributed by atoms with E-state index in [2.05, 4.69) is 10.3 Å². The van der Waals surface area contributed by atoms with E-state index in [1.165, 1.54) is 19.4 Å². The summed E-state index contributed by atoms with van der Waals surface area (Å²) in [4.78, 5) is 16.1. The molecule has 2 aromatic rings. The number of ether oxygens (including phenoxy) is 1. The zero-order chi connectivity index (χ0) is 13.8. The summed E-state index contributed by atoms with van der Waals surface area (Å²) < 4.78 is 5.12. The Hall–Kier alpha value is -2.27. The predicted molar refractivity (Wildman–Crippen MR) is 74.6 cm³/mol. The largest absolute Gasteiger partial charge is 0.496 e. The molecule has 3 N–H and O–H groups in total. The molecule has 0 atom stereocenters. The summed E-state index contributed by atoms with van der Waals surface area (Å²) in [5, 5.41) is 3.10. The van der Waals surface area contributed by atoms with E-state index in [4.69, 9.17) is 22.1 Å². The van der Waals surface area contributed by atoms with Crippen LogP contribution in [-0.4, -0.2) is 18.0 Å². The van der Waals surface area contributed by atoms with Crippen LogP contribution >= 0.6 is 11.6 Å². The van der Waals surface area contributed by atoms with Gasteiger partial charge in [-0.3, -0.25) is 4.79 Å². The summed E-state index contributed by atoms with van der Waals surface area (Å²) in [6.45, 7) is 0. The van der Waals surface area contributed by atoms with Crippen molar-refractivity contribution in [3.8, 4) is 5.75 Å². The Balaban J connectivity index is 2.24. The van der Waals surface area contributed by atoms with Crippen molar-refractivity contribution >= 4 is 29.0 Å². The van der Waals surface area contributed by atoms with E-state index in [0.29, 0.717) is 27.8 Å². The van der Waals surface area contributed by atoms with Crippen LogP contribution in [0.1, 0.15) is 10.4 Å². The van der Waals surface area contributed by atoms with Crippen molar-refractivity contribution in [1.29, 1.82) is 0 Å². The number of hydrogen-bond acceptors (Lipinski definition) is 4. The van der Waals surface area contributed by atoms with Crippen molar-refractivity contribution in [3.05, 3.63) is 47.1 Å². The van der Waals surface area contributed by atoms with E-state index < -0.39 is 0 Å². The fourth-order valence-corrected chi connectivity index (χ4v) is 1.69. The van der Waals surface area contributed by atoms with Gasteiger partial charge in [0.2, 0.25) is 0 Å². The SMILES string of the molecule is COc1ccc(Cl)cc1C(=O)Nc1ccc(N)cn1. The van der Waals surface area contributed by atoms with Gasteiger partial charge in [0.05, 0.1) is 24.6 Å². The summed E-state index contributed by atoms with van der Waals surface area (Å²) in [5.74, 6) is 0.496. The van der Waals surface area contributed by atoms with Gasteiger partial charge >= 0.3 is 0 Å². The molecule has 0 saturated heterocycles. The molecular formula is C13H12ClN3O2. The first-order valence-corrected chi connectivity index (χ1v) is 5.84. The fourth-order valence-electron chi connectivity index (χ4n) is 1.52. The molecule has 1 aromatic carbocycles. The third-order valence-electron chi connectivity index (χ3n) is 2.43. The number of amides is 1. The Morgan fingerprint density at radius 2 is 2.16 bits per heavy atom. The van der Waals surface area contributed by atoms with Crippen molar-refractivity contribution in [2.75, 3.05) is 18.2 Å². The topological polar surface area (TPSA) is 77.2 Å². The summed E-state index contributed by atoms with van der Waals surface area (Å²) in [6, 6.07) is 8.08. The molecule has 19 heavy (non-hydrogen) atoms. The van der Waals surface area contributed by atoms with Gasteiger partial charge in [0.1, 0.15) is 11.6 Å². The minimum atomic E-state index is -0.350. The maximum atomic E-state index is 12.1. The molecule has 2 rings (SSSR count). The van der Waals surface area contributed by atoms with E-state index in [-0.39, 0.29) is 5.91 Å². The number of carbonyl (C=O) groups excluding carboxylic acids is 1. The Morgan fingerprint density at radius 3 is 2.79 bits per heavy atom. The first-order valence-electron chi connectivity index (χ1n) is 5.46. The lowest BCUT2D eigenvalue weighted by atomic mass is 10.2. The minimum Gasteiger partial charge on any atom is -0.496 e. The van der Waals surface area contributed by atoms with E-state index in [0.717, 1.165) is 0 Å². The average Bonchev–Trinajstić information content (AvgIpc) is 2.41. The van der Waals surface area contributed by atoms with Gasteiger partial charge in [-0.15, -0.1) is 0 Å². The molecule has 0 aliphatic rings. The van der Waals surface area contributed by atoms with Crippen molar-refractivity contribution in [3.63, 3.8) is 0 Å². The van der Waals surface area contributed by atoms with Crippen molar-refractivity contribution in [1.82, 2.24) is 4.98 Å². The van der Waals surface area contributed by atoms with E-state index >= 15 is 0 Å². The Labute approximate surface area is 115 Å². The summed E-state index contributed by atoms with van der Waals surface area (Å²) in [7, 11) is 1.49. The molecule has 1 aromatic heterocycles. The zero-order valence-electron chi connectivity index (χ0n) is 10.2. The number of aromatic nitrogens is 1. The van der Waals surface area contributed by atoms with Crippen molar-refractivity contribution in [2.45, 2.75) is 0 Å². The summed E-state index contributed by atoms with van der Waals surface area (Å²) in [5.41, 5.74) is 6.39. The van der Waals surface area contributed by atoms with Gasteiger partial charge in [0.25, 0.3) is 5.91 Å². The number of nitrogen functional groups attached to an aromatic ring is 1. The molecule has 0 spiro atoms. The van der Waals surface area contributed by atoms with E-state index in [1.54, 1.807) is 24.3 Å². The number of nitrogens with two attached hydrogens (primary N) is 1. The van der Waals surface area contributed by atoms with Gasteiger partial charge in [0.15, 0.2) is 0 Å². The molecule has 0 saturated carbocycles. The fraction of sp³-hybridized carbons (Fsp3) is 0.0769. The molecule has 0 aliphatic carbocycles. The van der Waals surface area contributed by atoms with Crippen LogP contribution in [0.5, 0.6) is 5.75 Å². The molecule has 6 heteroatoms. The molecular weight excluding hydrogens is 266 g/mol. The van der Waals surface area contributed by atoms with Crippen LogP contribution in [0.3, 0.4) is 0 Å². The number of hydrogen-bond donors (Lipinski definition) is 2. The van der Waals surface area contributed by atoms with Gasteiger partial charge in [-0.05, 0) is 30.3 Å². The molecule has 0 radical (unpaired) electrons. The average molecular weight is 278 g/mol. The van der Waals surface area contributed by atoms with E-state index in [9.17, 15) is 4.79 Å². The Morgan fingerprint density at radius 1 is 1.37 bits per heavy atom. The first kappa shape index (κ1) is 13.2. The second-order valence-electron chi connectivity index (χ2n) is 3.78. The van der Waals surface area contributed by atoms with Gasteiger partial charge in [-0.1, -0.05) is 11.6 Å². The van der Waals surface area contributed by atoms with Gasteiger partial charge in [-0.2, -0.15) is 0 Å². The molecule has 0 aliphatic heterocycles. The van der Waals surface area contributed by atoms with E-state index in [1.807, 2.05) is 0 Å². The highest BCUT2D eigenvalue weighted by Gasteiger charge is 2.13. The maximum absolute atomic E-state index is 12.1. The number of nitrogens with one attached hydrogen (secondary N) is 1. The summed E-state index contributed by atoms with van der Waals surface area (Å²) in [6.07, 6.45) is 1.46. The molecule has 0 bridgehead atoms. The standard InChI is InChI=1S/C13H12ClN3O2/c1-19-11-4-2-8(14)6-10(11)13(18)17-12-5-3-9(15)7-16-12/h2-7H,15H2,1H3,(H,16,17,18). The third-order valence-corrected chi connectivity index (χ3v) is 2.67. The molecule has 98 valence electrons. The number of rotatable bonds is 3. The number of methoxy groups -OCH3 is 1. The van der Waals surface area contributed by atoms with Gasteiger partial charge in [-0.25, -0.2) is 4.98 Å². The van der Waals surface area contributed by atoms with Gasteiger partial charge in [0, 0.05) is 5.02 Å². The number of pyridine rings is 1. The number of carbonyl (C=O) groups is 1. The molecule has 1 amide bonds. The van der Waals surface area contributed by atoms with Crippen LogP contribution in [0.15, 0.2) is 36.5 Å². The normalized spacial score (nSPS) is 10.0. The second kappa shape index (κ2) is 5.58. The molecule has 0 fully saturated rings. The Kier molecular flexibility index (Phi) is 3.87. The smallest absolute Gasteiger partial charge is 0.260 e. The number of anilines is 2. The monoisotopic (exact) mass is 277 g/mol. The van der Waals surface area contributed by atoms with Crippen molar-refractivity contribution < 1.29 is 9.53 Å². The highest BCUT2D eigenvalue weighted by molar-refractivity contribution is 6.31. The van der Waals surface area contributed by atoms with Gasteiger partial charge < -0.3 is 15.8 Å².